The van der Waals surface area contributed by atoms with E-state index in [0.717, 1.165) is 38.5 Å². The van der Waals surface area contributed by atoms with Crippen LogP contribution in [-0.2, 0) is 23.1 Å². The number of hydrogen-bond donors (Lipinski definition) is 1. The van der Waals surface area contributed by atoms with E-state index >= 15 is 0 Å². The summed E-state index contributed by atoms with van der Waals surface area (Å²) < 4.78 is 25.4. The molecule has 6 nitrogen and oxygen atoms in total. The maximum atomic E-state index is 11.6. The maximum absolute atomic E-state index is 11.6. The zero-order valence-corrected chi connectivity index (χ0v) is 18.8. The first-order valence-corrected chi connectivity index (χ1v) is 12.1. The molecule has 2 atom stereocenters. The van der Waals surface area contributed by atoms with Crippen molar-refractivity contribution in [1.82, 2.24) is 0 Å². The van der Waals surface area contributed by atoms with Gasteiger partial charge in [-0.2, -0.15) is 0 Å². The zero-order valence-electron chi connectivity index (χ0n) is 17.9. The van der Waals surface area contributed by atoms with E-state index in [1.807, 2.05) is 0 Å². The number of ether oxygens (including phenoxy) is 1. The van der Waals surface area contributed by atoms with E-state index in [9.17, 15) is 9.36 Å². The second-order valence-corrected chi connectivity index (χ2v) is 8.18. The highest BCUT2D eigenvalue weighted by atomic mass is 31.2. The topological polar surface area (TPSA) is 82.1 Å². The van der Waals surface area contributed by atoms with E-state index in [0.29, 0.717) is 12.8 Å². The molecule has 0 aromatic carbocycles. The molecule has 1 aliphatic rings. The van der Waals surface area contributed by atoms with Crippen LogP contribution in [0, 0.1) is 0 Å². The van der Waals surface area contributed by atoms with Crippen molar-refractivity contribution < 1.29 is 28.0 Å². The van der Waals surface area contributed by atoms with Gasteiger partial charge in [0.05, 0.1) is 6.61 Å². The summed E-state index contributed by atoms with van der Waals surface area (Å²) in [4.78, 5) is 20.7. The van der Waals surface area contributed by atoms with Gasteiger partial charge in [0.15, 0.2) is 0 Å². The Bertz CT molecular complexity index is 663. The molecule has 30 heavy (non-hydrogen) atoms. The van der Waals surface area contributed by atoms with Crippen molar-refractivity contribution in [3.63, 3.8) is 0 Å². The third-order valence-corrected chi connectivity index (χ3v) is 5.09. The lowest BCUT2D eigenvalue weighted by molar-refractivity contribution is -0.146. The number of rotatable bonds is 15. The average Bonchev–Trinajstić information content (AvgIpc) is 3.07. The van der Waals surface area contributed by atoms with Gasteiger partial charge in [0.1, 0.15) is 12.7 Å². The molecule has 0 saturated carbocycles. The highest BCUT2D eigenvalue weighted by Gasteiger charge is 2.35. The van der Waals surface area contributed by atoms with Crippen molar-refractivity contribution in [2.24, 2.45) is 0 Å². The lowest BCUT2D eigenvalue weighted by atomic mass is 10.2. The molecule has 1 N–H and O–H groups in total. The molecule has 0 bridgehead atoms. The van der Waals surface area contributed by atoms with Gasteiger partial charge >= 0.3 is 13.8 Å². The minimum atomic E-state index is -3.93. The summed E-state index contributed by atoms with van der Waals surface area (Å²) in [5, 5.41) is 0. The molecule has 1 aliphatic heterocycles. The molecular weight excluding hydrogens is 403 g/mol. The van der Waals surface area contributed by atoms with Gasteiger partial charge in [0, 0.05) is 6.42 Å². The second-order valence-electron chi connectivity index (χ2n) is 6.78. The quantitative estimate of drug-likeness (QED) is 0.147. The van der Waals surface area contributed by atoms with Crippen molar-refractivity contribution >= 4 is 13.8 Å². The van der Waals surface area contributed by atoms with Gasteiger partial charge < -0.3 is 9.63 Å². The smallest absolute Gasteiger partial charge is 0.463 e. The Labute approximate surface area is 180 Å². The number of allylic oxidation sites excluding steroid dienone is 10. The molecule has 1 saturated heterocycles. The van der Waals surface area contributed by atoms with E-state index < -0.39 is 13.9 Å². The van der Waals surface area contributed by atoms with Crippen LogP contribution >= 0.6 is 7.82 Å². The molecule has 7 heteroatoms. The molecule has 0 aliphatic carbocycles. The predicted octanol–water partition coefficient (Wildman–Crippen LogP) is 5.97. The Morgan fingerprint density at radius 1 is 0.967 bits per heavy atom. The Morgan fingerprint density at radius 2 is 1.50 bits per heavy atom. The van der Waals surface area contributed by atoms with Crippen LogP contribution in [-0.4, -0.2) is 30.2 Å². The molecule has 1 rings (SSSR count). The maximum Gasteiger partial charge on any atom is 0.472 e. The highest BCUT2D eigenvalue weighted by Crippen LogP contribution is 2.49. The summed E-state index contributed by atoms with van der Waals surface area (Å²) in [5.41, 5.74) is 0. The minimum absolute atomic E-state index is 0.0406. The fraction of sp³-hybridized carbons (Fsp3) is 0.522. The normalized spacial score (nSPS) is 22.5. The Kier molecular flexibility index (Phi) is 14.9. The molecular formula is C23H35O6P. The first-order chi connectivity index (χ1) is 14.5. The molecule has 0 radical (unpaired) electrons. The van der Waals surface area contributed by atoms with Crippen LogP contribution in [0.25, 0.3) is 0 Å². The van der Waals surface area contributed by atoms with Gasteiger partial charge in [-0.15, -0.1) is 0 Å². The summed E-state index contributed by atoms with van der Waals surface area (Å²) in [6.07, 6.45) is 27.5. The molecule has 2 unspecified atom stereocenters. The van der Waals surface area contributed by atoms with Gasteiger partial charge in [0.2, 0.25) is 0 Å². The third-order valence-electron chi connectivity index (χ3n) is 4.05. The summed E-state index contributed by atoms with van der Waals surface area (Å²) in [6.45, 7) is 2.03. The van der Waals surface area contributed by atoms with Crippen molar-refractivity contribution in [3.05, 3.63) is 60.8 Å². The summed E-state index contributed by atoms with van der Waals surface area (Å²) in [6, 6.07) is 0. The van der Waals surface area contributed by atoms with Crippen molar-refractivity contribution in [3.8, 4) is 0 Å². The molecule has 1 heterocycles. The number of carbonyl (C=O) groups is 1. The largest absolute Gasteiger partial charge is 0.472 e. The monoisotopic (exact) mass is 438 g/mol. The Morgan fingerprint density at radius 3 is 2.00 bits per heavy atom. The van der Waals surface area contributed by atoms with Gasteiger partial charge in [-0.1, -0.05) is 67.7 Å². The summed E-state index contributed by atoms with van der Waals surface area (Å²) in [5.74, 6) is -0.342. The van der Waals surface area contributed by atoms with Gasteiger partial charge in [-0.3, -0.25) is 13.8 Å². The third kappa shape index (κ3) is 15.2. The van der Waals surface area contributed by atoms with Crippen LogP contribution in [0.3, 0.4) is 0 Å². The van der Waals surface area contributed by atoms with Crippen LogP contribution in [0.2, 0.25) is 0 Å². The molecule has 0 aromatic heterocycles. The number of phosphoric acid groups is 1. The first-order valence-electron chi connectivity index (χ1n) is 10.6. The molecule has 0 spiro atoms. The zero-order chi connectivity index (χ0) is 21.9. The standard InChI is InChI=1S/C23H35O6P/c1-2-3-4-5-6-7-8-9-10-11-12-13-14-15-16-17-18-19-23(24)27-20-22-21-28-30(25,26)29-22/h3-4,6-7,9-10,12-13,15-16,22H,2,5,8,11,14,17-21H2,1H3,(H,25,26)/b4-3+,7-6+,10-9+,13-12+,16-15+. The van der Waals surface area contributed by atoms with Crippen molar-refractivity contribution in [1.29, 1.82) is 0 Å². The SMILES string of the molecule is CC/C=C/C/C=C/C/C=C/C/C=C/C/C=C/CCCC(=O)OCC1COP(=O)(O)O1. The van der Waals surface area contributed by atoms with Crippen LogP contribution in [0.4, 0.5) is 0 Å². The second kappa shape index (κ2) is 17.0. The molecule has 0 aromatic rings. The van der Waals surface area contributed by atoms with E-state index in [1.54, 1.807) is 0 Å². The summed E-state index contributed by atoms with van der Waals surface area (Å²) >= 11 is 0. The fourth-order valence-electron chi connectivity index (χ4n) is 2.50. The number of hydrogen-bond acceptors (Lipinski definition) is 5. The number of carbonyl (C=O) groups excluding carboxylic acids is 1. The number of esters is 1. The van der Waals surface area contributed by atoms with Crippen LogP contribution < -0.4 is 0 Å². The first kappa shape index (κ1) is 26.3. The fourth-order valence-corrected chi connectivity index (χ4v) is 3.41. The number of unbranched alkanes of at least 4 members (excludes halogenated alkanes) is 1. The van der Waals surface area contributed by atoms with Crippen LogP contribution in [0.1, 0.15) is 58.3 Å². The van der Waals surface area contributed by atoms with Gasteiger partial charge in [-0.25, -0.2) is 4.57 Å². The van der Waals surface area contributed by atoms with Gasteiger partial charge in [-0.05, 0) is 44.9 Å². The average molecular weight is 439 g/mol. The minimum Gasteiger partial charge on any atom is -0.463 e. The van der Waals surface area contributed by atoms with E-state index in [1.165, 1.54) is 0 Å². The summed E-state index contributed by atoms with van der Waals surface area (Å²) in [7, 11) is -3.93. The van der Waals surface area contributed by atoms with E-state index in [2.05, 4.69) is 72.2 Å². The Balaban J connectivity index is 1.94. The van der Waals surface area contributed by atoms with Crippen LogP contribution in [0.5, 0.6) is 0 Å². The van der Waals surface area contributed by atoms with Crippen molar-refractivity contribution in [2.75, 3.05) is 13.2 Å². The molecule has 0 amide bonds. The van der Waals surface area contributed by atoms with E-state index in [4.69, 9.17) is 14.2 Å². The molecule has 168 valence electrons. The van der Waals surface area contributed by atoms with Crippen LogP contribution in [0.15, 0.2) is 60.8 Å². The van der Waals surface area contributed by atoms with Gasteiger partial charge in [0.25, 0.3) is 0 Å². The van der Waals surface area contributed by atoms with E-state index in [-0.39, 0.29) is 19.2 Å². The lowest BCUT2D eigenvalue weighted by Crippen LogP contribution is -2.20. The highest BCUT2D eigenvalue weighted by molar-refractivity contribution is 7.47. The lowest BCUT2D eigenvalue weighted by Gasteiger charge is -2.08. The Hall–Kier alpha value is -1.72. The number of phosphoric ester groups is 1. The predicted molar refractivity (Wildman–Crippen MR) is 120 cm³/mol. The molecule has 1 fully saturated rings. The van der Waals surface area contributed by atoms with Crippen molar-refractivity contribution in [2.45, 2.75) is 64.4 Å².